The van der Waals surface area contributed by atoms with E-state index in [2.05, 4.69) is 4.98 Å². The van der Waals surface area contributed by atoms with Crippen molar-refractivity contribution in [1.82, 2.24) is 4.98 Å². The summed E-state index contributed by atoms with van der Waals surface area (Å²) in [5, 5.41) is 9.19. The van der Waals surface area contributed by atoms with Gasteiger partial charge in [-0.15, -0.1) is 0 Å². The molecular weight excluding hydrogens is 143 g/mol. The van der Waals surface area contributed by atoms with Gasteiger partial charge in [0.25, 0.3) is 0 Å². The van der Waals surface area contributed by atoms with E-state index in [1.807, 2.05) is 0 Å². The van der Waals surface area contributed by atoms with Crippen molar-refractivity contribution in [2.24, 2.45) is 0 Å². The Bertz CT molecular complexity index is 292. The van der Waals surface area contributed by atoms with Gasteiger partial charge in [0.05, 0.1) is 18.5 Å². The number of nitrogens with zero attached hydrogens (tertiary/aromatic N) is 1. The summed E-state index contributed by atoms with van der Waals surface area (Å²) in [4.78, 5) is 4.00. The SMILES string of the molecule is Nc1cnc2c(c1)B(O)OC2. The number of hydrogen-bond donors (Lipinski definition) is 2. The third-order valence-corrected chi connectivity index (χ3v) is 1.67. The first-order valence-electron chi connectivity index (χ1n) is 3.31. The van der Waals surface area contributed by atoms with Gasteiger partial charge in [0.2, 0.25) is 0 Å². The van der Waals surface area contributed by atoms with Gasteiger partial charge < -0.3 is 15.4 Å². The standard InChI is InChI=1S/C6H7BN2O2/c8-4-1-5-6(9-2-4)3-11-7(5)10/h1-2,10H,3,8H2. The second-order valence-electron chi connectivity index (χ2n) is 2.47. The molecule has 0 fully saturated rings. The van der Waals surface area contributed by atoms with Crippen LogP contribution in [-0.4, -0.2) is 17.1 Å². The zero-order valence-corrected chi connectivity index (χ0v) is 5.82. The Hall–Kier alpha value is -1.07. The number of nitrogens with two attached hydrogens (primary N) is 1. The minimum absolute atomic E-state index is 0.372. The molecule has 56 valence electrons. The first-order chi connectivity index (χ1) is 5.27. The van der Waals surface area contributed by atoms with E-state index in [9.17, 15) is 5.02 Å². The molecule has 1 aliphatic heterocycles. The molecule has 1 aromatic heterocycles. The van der Waals surface area contributed by atoms with Crippen molar-refractivity contribution in [1.29, 1.82) is 0 Å². The second kappa shape index (κ2) is 2.22. The fraction of sp³-hybridized carbons (Fsp3) is 0.167. The highest BCUT2D eigenvalue weighted by Crippen LogP contribution is 2.08. The van der Waals surface area contributed by atoms with Gasteiger partial charge in [0.15, 0.2) is 0 Å². The molecule has 0 unspecified atom stereocenters. The Balaban J connectivity index is 2.52. The topological polar surface area (TPSA) is 68.4 Å². The summed E-state index contributed by atoms with van der Waals surface area (Å²) in [5.41, 5.74) is 7.47. The molecule has 1 aliphatic rings. The van der Waals surface area contributed by atoms with Gasteiger partial charge in [-0.2, -0.15) is 0 Å². The van der Waals surface area contributed by atoms with Crippen LogP contribution in [0.3, 0.4) is 0 Å². The van der Waals surface area contributed by atoms with Crippen LogP contribution in [-0.2, 0) is 11.3 Å². The van der Waals surface area contributed by atoms with E-state index in [0.29, 0.717) is 17.8 Å². The maximum Gasteiger partial charge on any atom is 0.493 e. The molecule has 0 bridgehead atoms. The molecule has 0 aromatic carbocycles. The molecular formula is C6H7BN2O2. The molecule has 0 amide bonds. The van der Waals surface area contributed by atoms with Gasteiger partial charge in [-0.05, 0) is 6.07 Å². The van der Waals surface area contributed by atoms with Crippen LogP contribution in [0.1, 0.15) is 5.69 Å². The number of fused-ring (bicyclic) bond motifs is 1. The van der Waals surface area contributed by atoms with Crippen molar-refractivity contribution < 1.29 is 9.68 Å². The lowest BCUT2D eigenvalue weighted by Crippen LogP contribution is -2.28. The van der Waals surface area contributed by atoms with Crippen molar-refractivity contribution in [3.63, 3.8) is 0 Å². The van der Waals surface area contributed by atoms with Gasteiger partial charge in [0, 0.05) is 11.2 Å². The van der Waals surface area contributed by atoms with Crippen LogP contribution in [0.4, 0.5) is 5.69 Å². The van der Waals surface area contributed by atoms with Gasteiger partial charge in [-0.25, -0.2) is 0 Å². The third-order valence-electron chi connectivity index (χ3n) is 1.67. The van der Waals surface area contributed by atoms with Crippen LogP contribution in [0.25, 0.3) is 0 Å². The van der Waals surface area contributed by atoms with E-state index in [0.717, 1.165) is 5.69 Å². The van der Waals surface area contributed by atoms with Crippen LogP contribution in [0, 0.1) is 0 Å². The normalized spacial score (nSPS) is 15.2. The molecule has 5 heteroatoms. The molecule has 4 nitrogen and oxygen atoms in total. The summed E-state index contributed by atoms with van der Waals surface area (Å²) < 4.78 is 4.92. The summed E-state index contributed by atoms with van der Waals surface area (Å²) in [7, 11) is -0.846. The molecule has 1 aromatic rings. The number of hydrogen-bond acceptors (Lipinski definition) is 4. The van der Waals surface area contributed by atoms with Gasteiger partial charge in [0.1, 0.15) is 0 Å². The lowest BCUT2D eigenvalue weighted by Gasteiger charge is -1.97. The second-order valence-corrected chi connectivity index (χ2v) is 2.47. The Morgan fingerprint density at radius 2 is 2.55 bits per heavy atom. The molecule has 0 radical (unpaired) electrons. The Morgan fingerprint density at radius 1 is 1.73 bits per heavy atom. The third kappa shape index (κ3) is 0.980. The first-order valence-corrected chi connectivity index (χ1v) is 3.31. The number of pyridine rings is 1. The van der Waals surface area contributed by atoms with Crippen molar-refractivity contribution in [2.45, 2.75) is 6.61 Å². The maximum absolute atomic E-state index is 9.19. The van der Waals surface area contributed by atoms with E-state index >= 15 is 0 Å². The van der Waals surface area contributed by atoms with E-state index in [1.165, 1.54) is 0 Å². The van der Waals surface area contributed by atoms with Crippen molar-refractivity contribution in [3.05, 3.63) is 18.0 Å². The average molecular weight is 150 g/mol. The highest BCUT2D eigenvalue weighted by atomic mass is 16.5. The quantitative estimate of drug-likeness (QED) is 0.459. The molecule has 0 spiro atoms. The fourth-order valence-electron chi connectivity index (χ4n) is 1.11. The number of anilines is 1. The summed E-state index contributed by atoms with van der Waals surface area (Å²) >= 11 is 0. The summed E-state index contributed by atoms with van der Waals surface area (Å²) in [5.74, 6) is 0. The molecule has 2 heterocycles. The largest absolute Gasteiger partial charge is 0.493 e. The summed E-state index contributed by atoms with van der Waals surface area (Å²) in [6.07, 6.45) is 1.56. The summed E-state index contributed by atoms with van der Waals surface area (Å²) in [6, 6.07) is 1.68. The zero-order valence-electron chi connectivity index (χ0n) is 5.82. The van der Waals surface area contributed by atoms with Gasteiger partial charge in [-0.1, -0.05) is 0 Å². The molecule has 2 rings (SSSR count). The number of rotatable bonds is 0. The van der Waals surface area contributed by atoms with E-state index in [1.54, 1.807) is 12.3 Å². The molecule has 0 saturated heterocycles. The smallest absolute Gasteiger partial charge is 0.423 e. The Labute approximate surface area is 64.2 Å². The first kappa shape index (κ1) is 6.63. The van der Waals surface area contributed by atoms with Crippen molar-refractivity contribution >= 4 is 18.3 Å². The highest BCUT2D eigenvalue weighted by Gasteiger charge is 2.28. The lowest BCUT2D eigenvalue weighted by atomic mass is 9.81. The average Bonchev–Trinajstić information content (AvgIpc) is 2.33. The fourth-order valence-corrected chi connectivity index (χ4v) is 1.11. The minimum atomic E-state index is -0.846. The summed E-state index contributed by atoms with van der Waals surface area (Å²) in [6.45, 7) is 0.372. The Kier molecular flexibility index (Phi) is 1.34. The van der Waals surface area contributed by atoms with Crippen LogP contribution in [0.15, 0.2) is 12.3 Å². The minimum Gasteiger partial charge on any atom is -0.423 e. The van der Waals surface area contributed by atoms with Crippen molar-refractivity contribution in [2.75, 3.05) is 5.73 Å². The van der Waals surface area contributed by atoms with E-state index < -0.39 is 7.12 Å². The van der Waals surface area contributed by atoms with Crippen LogP contribution >= 0.6 is 0 Å². The van der Waals surface area contributed by atoms with E-state index in [-0.39, 0.29) is 0 Å². The van der Waals surface area contributed by atoms with Crippen LogP contribution in [0.5, 0.6) is 0 Å². The zero-order chi connectivity index (χ0) is 7.84. The Morgan fingerprint density at radius 3 is 3.36 bits per heavy atom. The number of nitrogen functional groups attached to an aromatic ring is 1. The predicted molar refractivity (Wildman–Crippen MR) is 41.0 cm³/mol. The van der Waals surface area contributed by atoms with E-state index in [4.69, 9.17) is 10.4 Å². The molecule has 0 atom stereocenters. The highest BCUT2D eigenvalue weighted by molar-refractivity contribution is 6.61. The van der Waals surface area contributed by atoms with Gasteiger partial charge >= 0.3 is 7.12 Å². The molecule has 0 saturated carbocycles. The molecule has 0 aliphatic carbocycles. The van der Waals surface area contributed by atoms with Gasteiger partial charge in [-0.3, -0.25) is 4.98 Å². The molecule has 11 heavy (non-hydrogen) atoms. The number of aromatic nitrogens is 1. The maximum atomic E-state index is 9.19. The monoisotopic (exact) mass is 150 g/mol. The predicted octanol–water partition coefficient (Wildman–Crippen LogP) is -1.12. The van der Waals surface area contributed by atoms with Crippen LogP contribution in [0.2, 0.25) is 0 Å². The van der Waals surface area contributed by atoms with Crippen LogP contribution < -0.4 is 11.2 Å². The lowest BCUT2D eigenvalue weighted by molar-refractivity contribution is 0.272. The molecule has 3 N–H and O–H groups in total. The van der Waals surface area contributed by atoms with Crippen molar-refractivity contribution in [3.8, 4) is 0 Å².